The molecule has 0 fully saturated rings. The predicted octanol–water partition coefficient (Wildman–Crippen LogP) is 4.02. The molecule has 0 saturated carbocycles. The summed E-state index contributed by atoms with van der Waals surface area (Å²) in [5, 5.41) is 9.40. The minimum atomic E-state index is -1.59. The number of hydrogen-bond donors (Lipinski definition) is 1. The summed E-state index contributed by atoms with van der Waals surface area (Å²) in [5.41, 5.74) is 2.73. The molecule has 1 amide bonds. The predicted molar refractivity (Wildman–Crippen MR) is 106 cm³/mol. The molecular weight excluding hydrogens is 374 g/mol. The van der Waals surface area contributed by atoms with Crippen molar-refractivity contribution >= 4 is 28.4 Å². The highest BCUT2D eigenvalue weighted by Gasteiger charge is 2.31. The fraction of sp³-hybridized carbons (Fsp3) is 0.0909. The number of aromatic carboxylic acids is 1. The Morgan fingerprint density at radius 2 is 1.71 bits per heavy atom. The molecule has 28 heavy (non-hydrogen) atoms. The smallest absolute Gasteiger partial charge is 0.335 e. The van der Waals surface area contributed by atoms with Crippen molar-refractivity contribution in [1.29, 1.82) is 0 Å². The van der Waals surface area contributed by atoms with Gasteiger partial charge in [-0.15, -0.1) is 0 Å². The Hall–Kier alpha value is -3.25. The van der Waals surface area contributed by atoms with E-state index in [1.165, 1.54) is 23.1 Å². The summed E-state index contributed by atoms with van der Waals surface area (Å²) >= 11 is 0. The molecular formula is C22H17NO4S. The van der Waals surface area contributed by atoms with Crippen molar-refractivity contribution in [1.82, 2.24) is 0 Å². The lowest BCUT2D eigenvalue weighted by Gasteiger charge is -2.24. The van der Waals surface area contributed by atoms with Crippen molar-refractivity contribution < 1.29 is 18.9 Å². The van der Waals surface area contributed by atoms with Crippen LogP contribution in [-0.4, -0.2) is 21.2 Å². The van der Waals surface area contributed by atoms with Crippen LogP contribution in [-0.2, 0) is 17.3 Å². The van der Waals surface area contributed by atoms with Gasteiger partial charge in [0, 0.05) is 0 Å². The standard InChI is InChI=1S/C22H17NO4S/c1-14-6-2-3-7-16(14)13-23-18-12-15(22(25)26)10-11-20(18)28(27)19-9-5-4-8-17(19)21(23)24/h2-12H,13H2,1H3,(H,25,26). The van der Waals surface area contributed by atoms with E-state index in [-0.39, 0.29) is 18.0 Å². The maximum atomic E-state index is 13.4. The Balaban J connectivity index is 1.95. The average Bonchev–Trinajstić information content (AvgIpc) is 2.79. The second-order valence-corrected chi connectivity index (χ2v) is 7.99. The number of carbonyl (C=O) groups is 2. The van der Waals surface area contributed by atoms with Crippen LogP contribution in [0.2, 0.25) is 0 Å². The largest absolute Gasteiger partial charge is 0.478 e. The Morgan fingerprint density at radius 3 is 2.46 bits per heavy atom. The van der Waals surface area contributed by atoms with Crippen LogP contribution in [0.4, 0.5) is 5.69 Å². The molecule has 1 atom stereocenters. The fourth-order valence-electron chi connectivity index (χ4n) is 3.31. The van der Waals surface area contributed by atoms with Gasteiger partial charge in [-0.2, -0.15) is 0 Å². The van der Waals surface area contributed by atoms with Gasteiger partial charge in [0.25, 0.3) is 5.91 Å². The number of benzene rings is 3. The molecule has 0 spiro atoms. The lowest BCUT2D eigenvalue weighted by molar-refractivity contribution is 0.0696. The fourth-order valence-corrected chi connectivity index (χ4v) is 4.66. The van der Waals surface area contributed by atoms with Crippen LogP contribution in [0.5, 0.6) is 0 Å². The molecule has 5 nitrogen and oxygen atoms in total. The first kappa shape index (κ1) is 18.1. The van der Waals surface area contributed by atoms with E-state index in [4.69, 9.17) is 0 Å². The molecule has 0 aromatic heterocycles. The summed E-state index contributed by atoms with van der Waals surface area (Å²) in [6.45, 7) is 2.21. The van der Waals surface area contributed by atoms with Gasteiger partial charge in [-0.25, -0.2) is 9.00 Å². The van der Waals surface area contributed by atoms with Crippen LogP contribution in [0.1, 0.15) is 31.8 Å². The third-order valence-electron chi connectivity index (χ3n) is 4.85. The first-order valence-corrected chi connectivity index (χ1v) is 9.87. The van der Waals surface area contributed by atoms with Gasteiger partial charge in [-0.3, -0.25) is 4.79 Å². The Morgan fingerprint density at radius 1 is 1.00 bits per heavy atom. The number of anilines is 1. The zero-order chi connectivity index (χ0) is 19.8. The molecule has 1 aliphatic rings. The van der Waals surface area contributed by atoms with E-state index in [2.05, 4.69) is 0 Å². The zero-order valence-electron chi connectivity index (χ0n) is 15.1. The highest BCUT2D eigenvalue weighted by Crippen LogP contribution is 2.36. The Labute approximate surface area is 164 Å². The van der Waals surface area contributed by atoms with E-state index >= 15 is 0 Å². The molecule has 0 aliphatic carbocycles. The van der Waals surface area contributed by atoms with Crippen LogP contribution < -0.4 is 4.90 Å². The average molecular weight is 391 g/mol. The van der Waals surface area contributed by atoms with Crippen LogP contribution >= 0.6 is 0 Å². The molecule has 3 aromatic carbocycles. The highest BCUT2D eigenvalue weighted by molar-refractivity contribution is 7.85. The van der Waals surface area contributed by atoms with Gasteiger partial charge in [-0.1, -0.05) is 36.4 Å². The Kier molecular flexibility index (Phi) is 4.57. The number of amides is 1. The first-order valence-electron chi connectivity index (χ1n) is 8.72. The number of rotatable bonds is 3. The lowest BCUT2D eigenvalue weighted by Crippen LogP contribution is -2.30. The molecule has 0 radical (unpaired) electrons. The minimum Gasteiger partial charge on any atom is -0.478 e. The van der Waals surface area contributed by atoms with Crippen LogP contribution in [0.15, 0.2) is 76.5 Å². The van der Waals surface area contributed by atoms with Crippen molar-refractivity contribution in [2.45, 2.75) is 23.3 Å². The summed E-state index contributed by atoms with van der Waals surface area (Å²) in [4.78, 5) is 27.3. The van der Waals surface area contributed by atoms with Crippen molar-refractivity contribution in [3.8, 4) is 0 Å². The molecule has 0 saturated heterocycles. The number of fused-ring (bicyclic) bond motifs is 2. The molecule has 0 bridgehead atoms. The van der Waals surface area contributed by atoms with Gasteiger partial charge in [0.15, 0.2) is 0 Å². The third-order valence-corrected chi connectivity index (χ3v) is 6.35. The maximum absolute atomic E-state index is 13.4. The molecule has 1 aliphatic heterocycles. The monoisotopic (exact) mass is 391 g/mol. The molecule has 4 rings (SSSR count). The number of carbonyl (C=O) groups excluding carboxylic acids is 1. The van der Waals surface area contributed by atoms with E-state index in [1.807, 2.05) is 31.2 Å². The van der Waals surface area contributed by atoms with Gasteiger partial charge in [0.05, 0.1) is 43.9 Å². The molecule has 1 N–H and O–H groups in total. The minimum absolute atomic E-state index is 0.0456. The van der Waals surface area contributed by atoms with Gasteiger partial charge < -0.3 is 10.0 Å². The van der Waals surface area contributed by atoms with Crippen molar-refractivity contribution in [2.75, 3.05) is 4.90 Å². The van der Waals surface area contributed by atoms with E-state index in [0.717, 1.165) is 11.1 Å². The number of nitrogens with zero attached hydrogens (tertiary/aromatic N) is 1. The SMILES string of the molecule is Cc1ccccc1CN1C(=O)c2ccccc2S(=O)c2ccc(C(=O)O)cc21. The summed E-state index contributed by atoms with van der Waals surface area (Å²) in [6.07, 6.45) is 0. The number of hydrogen-bond acceptors (Lipinski definition) is 3. The lowest BCUT2D eigenvalue weighted by atomic mass is 10.1. The van der Waals surface area contributed by atoms with Crippen LogP contribution in [0.3, 0.4) is 0 Å². The molecule has 1 heterocycles. The van der Waals surface area contributed by atoms with E-state index in [0.29, 0.717) is 21.0 Å². The molecule has 6 heteroatoms. The van der Waals surface area contributed by atoms with Gasteiger partial charge >= 0.3 is 5.97 Å². The van der Waals surface area contributed by atoms with E-state index in [9.17, 15) is 18.9 Å². The zero-order valence-corrected chi connectivity index (χ0v) is 15.9. The summed E-state index contributed by atoms with van der Waals surface area (Å²) in [6, 6.07) is 18.9. The third kappa shape index (κ3) is 3.01. The topological polar surface area (TPSA) is 74.7 Å². The van der Waals surface area contributed by atoms with Crippen LogP contribution in [0.25, 0.3) is 0 Å². The number of aryl methyl sites for hydroxylation is 1. The first-order chi connectivity index (χ1) is 13.5. The second-order valence-electron chi connectivity index (χ2n) is 6.57. The van der Waals surface area contributed by atoms with Crippen molar-refractivity contribution in [2.24, 2.45) is 0 Å². The second kappa shape index (κ2) is 7.05. The highest BCUT2D eigenvalue weighted by atomic mass is 32.2. The van der Waals surface area contributed by atoms with E-state index < -0.39 is 16.8 Å². The normalized spacial score (nSPS) is 15.5. The number of carboxylic acids is 1. The van der Waals surface area contributed by atoms with Crippen molar-refractivity contribution in [3.05, 3.63) is 89.0 Å². The Bertz CT molecular complexity index is 1140. The summed E-state index contributed by atoms with van der Waals surface area (Å²) < 4.78 is 13.2. The van der Waals surface area contributed by atoms with Gasteiger partial charge in [-0.05, 0) is 48.4 Å². The van der Waals surface area contributed by atoms with Crippen molar-refractivity contribution in [3.63, 3.8) is 0 Å². The summed E-state index contributed by atoms with van der Waals surface area (Å²) in [5.74, 6) is -1.40. The van der Waals surface area contributed by atoms with Crippen LogP contribution in [0, 0.1) is 6.92 Å². The molecule has 1 unspecified atom stereocenters. The molecule has 3 aromatic rings. The van der Waals surface area contributed by atoms with Gasteiger partial charge in [0.2, 0.25) is 0 Å². The van der Waals surface area contributed by atoms with E-state index in [1.54, 1.807) is 24.3 Å². The maximum Gasteiger partial charge on any atom is 0.335 e. The summed E-state index contributed by atoms with van der Waals surface area (Å²) in [7, 11) is -1.59. The quantitative estimate of drug-likeness (QED) is 0.732. The number of carboxylic acid groups (broad SMARTS) is 1. The van der Waals surface area contributed by atoms with Gasteiger partial charge in [0.1, 0.15) is 0 Å². The molecule has 140 valence electrons.